The standard InChI is InChI=1S/C14H20N2OS/c1-2-18-13-8-4-3-7-12(13)16-14(17)11-6-5-9-15-10-11/h3-4,7-8,11,15H,2,5-6,9-10H2,1H3,(H,16,17)/t11-/m1/s1. The van der Waals surface area contributed by atoms with Crippen LogP contribution in [0.1, 0.15) is 19.8 Å². The fourth-order valence-electron chi connectivity index (χ4n) is 2.16. The van der Waals surface area contributed by atoms with E-state index in [1.54, 1.807) is 11.8 Å². The first-order valence-corrected chi connectivity index (χ1v) is 7.53. The molecule has 0 aromatic heterocycles. The zero-order valence-electron chi connectivity index (χ0n) is 10.7. The monoisotopic (exact) mass is 264 g/mol. The lowest BCUT2D eigenvalue weighted by Crippen LogP contribution is -2.37. The van der Waals surface area contributed by atoms with Crippen molar-refractivity contribution in [2.75, 3.05) is 24.2 Å². The second kappa shape index (κ2) is 6.81. The molecule has 18 heavy (non-hydrogen) atoms. The van der Waals surface area contributed by atoms with E-state index < -0.39 is 0 Å². The van der Waals surface area contributed by atoms with Crippen LogP contribution in [0.4, 0.5) is 5.69 Å². The first kappa shape index (κ1) is 13.4. The molecule has 1 aromatic carbocycles. The molecular weight excluding hydrogens is 244 g/mol. The molecule has 1 saturated heterocycles. The van der Waals surface area contributed by atoms with Crippen LogP contribution in [0.15, 0.2) is 29.2 Å². The molecule has 0 radical (unpaired) electrons. The third-order valence-corrected chi connectivity index (χ3v) is 4.07. The van der Waals surface area contributed by atoms with Gasteiger partial charge in [-0.3, -0.25) is 4.79 Å². The molecule has 0 spiro atoms. The summed E-state index contributed by atoms with van der Waals surface area (Å²) in [6.07, 6.45) is 2.07. The van der Waals surface area contributed by atoms with Gasteiger partial charge in [-0.15, -0.1) is 11.8 Å². The van der Waals surface area contributed by atoms with E-state index >= 15 is 0 Å². The first-order valence-electron chi connectivity index (χ1n) is 6.54. The molecule has 98 valence electrons. The number of carbonyl (C=O) groups is 1. The third-order valence-electron chi connectivity index (χ3n) is 3.11. The lowest BCUT2D eigenvalue weighted by Gasteiger charge is -2.22. The van der Waals surface area contributed by atoms with E-state index in [4.69, 9.17) is 0 Å². The molecule has 2 rings (SSSR count). The summed E-state index contributed by atoms with van der Waals surface area (Å²) in [6.45, 7) is 3.95. The molecule has 0 unspecified atom stereocenters. The number of hydrogen-bond acceptors (Lipinski definition) is 3. The van der Waals surface area contributed by atoms with E-state index in [0.29, 0.717) is 0 Å². The van der Waals surface area contributed by atoms with Gasteiger partial charge in [-0.2, -0.15) is 0 Å². The highest BCUT2D eigenvalue weighted by Crippen LogP contribution is 2.27. The summed E-state index contributed by atoms with van der Waals surface area (Å²) >= 11 is 1.76. The Morgan fingerprint density at radius 3 is 3.06 bits per heavy atom. The zero-order chi connectivity index (χ0) is 12.8. The average molecular weight is 264 g/mol. The molecule has 0 saturated carbocycles. The molecule has 1 fully saturated rings. The van der Waals surface area contributed by atoms with Crippen molar-refractivity contribution in [2.45, 2.75) is 24.7 Å². The summed E-state index contributed by atoms with van der Waals surface area (Å²) in [5.41, 5.74) is 0.944. The van der Waals surface area contributed by atoms with Crippen molar-refractivity contribution in [3.63, 3.8) is 0 Å². The minimum atomic E-state index is 0.110. The van der Waals surface area contributed by atoms with Gasteiger partial charge in [-0.1, -0.05) is 19.1 Å². The fourth-order valence-corrected chi connectivity index (χ4v) is 2.92. The normalized spacial score (nSPS) is 19.5. The second-order valence-electron chi connectivity index (χ2n) is 4.46. The minimum Gasteiger partial charge on any atom is -0.325 e. The first-order chi connectivity index (χ1) is 8.81. The van der Waals surface area contributed by atoms with Crippen LogP contribution in [0.25, 0.3) is 0 Å². The zero-order valence-corrected chi connectivity index (χ0v) is 11.6. The lowest BCUT2D eigenvalue weighted by atomic mass is 9.99. The van der Waals surface area contributed by atoms with Crippen molar-refractivity contribution in [1.29, 1.82) is 0 Å². The van der Waals surface area contributed by atoms with E-state index in [1.807, 2.05) is 18.2 Å². The minimum absolute atomic E-state index is 0.110. The molecule has 0 aliphatic carbocycles. The Hall–Kier alpha value is -1.00. The Balaban J connectivity index is 2.01. The van der Waals surface area contributed by atoms with E-state index in [1.165, 1.54) is 0 Å². The molecule has 1 atom stereocenters. The fraction of sp³-hybridized carbons (Fsp3) is 0.500. The maximum Gasteiger partial charge on any atom is 0.228 e. The van der Waals surface area contributed by atoms with Crippen LogP contribution in [-0.4, -0.2) is 24.7 Å². The van der Waals surface area contributed by atoms with Gasteiger partial charge in [-0.25, -0.2) is 0 Å². The van der Waals surface area contributed by atoms with Gasteiger partial charge in [0.05, 0.1) is 11.6 Å². The molecular formula is C14H20N2OS. The highest BCUT2D eigenvalue weighted by molar-refractivity contribution is 7.99. The summed E-state index contributed by atoms with van der Waals surface area (Å²) in [7, 11) is 0. The Morgan fingerprint density at radius 2 is 2.33 bits per heavy atom. The van der Waals surface area contributed by atoms with Crippen molar-refractivity contribution in [3.05, 3.63) is 24.3 Å². The molecule has 0 bridgehead atoms. The predicted octanol–water partition coefficient (Wildman–Crippen LogP) is 2.74. The number of hydrogen-bond donors (Lipinski definition) is 2. The molecule has 3 nitrogen and oxygen atoms in total. The van der Waals surface area contributed by atoms with E-state index in [0.717, 1.165) is 42.3 Å². The Labute approximate surface area is 113 Å². The number of para-hydroxylation sites is 1. The number of benzene rings is 1. The maximum absolute atomic E-state index is 12.2. The number of anilines is 1. The van der Waals surface area contributed by atoms with Crippen molar-refractivity contribution >= 4 is 23.4 Å². The number of carbonyl (C=O) groups excluding carboxylic acids is 1. The molecule has 1 aromatic rings. The van der Waals surface area contributed by atoms with Crippen LogP contribution in [-0.2, 0) is 4.79 Å². The SMILES string of the molecule is CCSc1ccccc1NC(=O)[C@@H]1CCCNC1. The van der Waals surface area contributed by atoms with Gasteiger partial charge in [0.25, 0.3) is 0 Å². The summed E-state index contributed by atoms with van der Waals surface area (Å²) in [5, 5.41) is 6.34. The summed E-state index contributed by atoms with van der Waals surface area (Å²) in [5.74, 6) is 1.27. The summed E-state index contributed by atoms with van der Waals surface area (Å²) < 4.78 is 0. The quantitative estimate of drug-likeness (QED) is 0.822. The summed E-state index contributed by atoms with van der Waals surface area (Å²) in [4.78, 5) is 13.3. The van der Waals surface area contributed by atoms with Gasteiger partial charge in [-0.05, 0) is 37.3 Å². The van der Waals surface area contributed by atoms with Gasteiger partial charge in [0.2, 0.25) is 5.91 Å². The van der Waals surface area contributed by atoms with Gasteiger partial charge < -0.3 is 10.6 Å². The summed E-state index contributed by atoms with van der Waals surface area (Å²) in [6, 6.07) is 8.01. The predicted molar refractivity (Wildman–Crippen MR) is 77.1 cm³/mol. The Kier molecular flexibility index (Phi) is 5.08. The van der Waals surface area contributed by atoms with Crippen LogP contribution in [0.2, 0.25) is 0 Å². The number of amides is 1. The van der Waals surface area contributed by atoms with Crippen LogP contribution >= 0.6 is 11.8 Å². The smallest absolute Gasteiger partial charge is 0.228 e. The van der Waals surface area contributed by atoms with E-state index in [-0.39, 0.29) is 11.8 Å². The number of rotatable bonds is 4. The highest BCUT2D eigenvalue weighted by atomic mass is 32.2. The molecule has 1 aliphatic heterocycles. The largest absolute Gasteiger partial charge is 0.325 e. The van der Waals surface area contributed by atoms with Gasteiger partial charge in [0, 0.05) is 11.4 Å². The van der Waals surface area contributed by atoms with Crippen LogP contribution in [0, 0.1) is 5.92 Å². The van der Waals surface area contributed by atoms with E-state index in [2.05, 4.69) is 23.6 Å². The van der Waals surface area contributed by atoms with Gasteiger partial charge >= 0.3 is 0 Å². The van der Waals surface area contributed by atoms with E-state index in [9.17, 15) is 4.79 Å². The third kappa shape index (κ3) is 3.50. The number of piperidine rings is 1. The number of nitrogens with one attached hydrogen (secondary N) is 2. The topological polar surface area (TPSA) is 41.1 Å². The van der Waals surface area contributed by atoms with Crippen LogP contribution in [0.5, 0.6) is 0 Å². The van der Waals surface area contributed by atoms with Crippen molar-refractivity contribution in [3.8, 4) is 0 Å². The number of thioether (sulfide) groups is 1. The maximum atomic E-state index is 12.2. The molecule has 1 heterocycles. The lowest BCUT2D eigenvalue weighted by molar-refractivity contribution is -0.120. The molecule has 4 heteroatoms. The second-order valence-corrected chi connectivity index (χ2v) is 5.77. The van der Waals surface area contributed by atoms with Gasteiger partial charge in [0.15, 0.2) is 0 Å². The van der Waals surface area contributed by atoms with Crippen LogP contribution < -0.4 is 10.6 Å². The van der Waals surface area contributed by atoms with Crippen molar-refractivity contribution in [1.82, 2.24) is 5.32 Å². The highest BCUT2D eigenvalue weighted by Gasteiger charge is 2.21. The molecule has 1 amide bonds. The van der Waals surface area contributed by atoms with Crippen molar-refractivity contribution in [2.24, 2.45) is 5.92 Å². The molecule has 2 N–H and O–H groups in total. The van der Waals surface area contributed by atoms with Crippen molar-refractivity contribution < 1.29 is 4.79 Å². The Morgan fingerprint density at radius 1 is 1.50 bits per heavy atom. The van der Waals surface area contributed by atoms with Gasteiger partial charge in [0.1, 0.15) is 0 Å². The average Bonchev–Trinajstić information content (AvgIpc) is 2.42. The Bertz CT molecular complexity index is 403. The van der Waals surface area contributed by atoms with Crippen LogP contribution in [0.3, 0.4) is 0 Å². The molecule has 1 aliphatic rings.